The van der Waals surface area contributed by atoms with Crippen LogP contribution in [0.1, 0.15) is 35.0 Å². The summed E-state index contributed by atoms with van der Waals surface area (Å²) in [5.41, 5.74) is 2.55. The number of nitrogens with zero attached hydrogens (tertiary/aromatic N) is 2. The highest BCUT2D eigenvalue weighted by molar-refractivity contribution is 9.11. The Morgan fingerprint density at radius 2 is 2.06 bits per heavy atom. The average molecular weight is 520 g/mol. The molecule has 1 N–H and O–H groups in total. The van der Waals surface area contributed by atoms with Crippen molar-refractivity contribution in [3.8, 4) is 0 Å². The van der Waals surface area contributed by atoms with Gasteiger partial charge in [0, 0.05) is 24.5 Å². The lowest BCUT2D eigenvalue weighted by Crippen LogP contribution is -2.42. The number of halogens is 1. The third-order valence-electron chi connectivity index (χ3n) is 5.93. The van der Waals surface area contributed by atoms with Crippen LogP contribution in [-0.4, -0.2) is 50.1 Å². The van der Waals surface area contributed by atoms with Gasteiger partial charge in [0.1, 0.15) is 6.61 Å². The van der Waals surface area contributed by atoms with Crippen molar-refractivity contribution in [3.63, 3.8) is 0 Å². The first-order valence-corrected chi connectivity index (χ1v) is 12.4. The van der Waals surface area contributed by atoms with Gasteiger partial charge < -0.3 is 19.9 Å². The van der Waals surface area contributed by atoms with E-state index >= 15 is 0 Å². The summed E-state index contributed by atoms with van der Waals surface area (Å²) in [5.74, 6) is -0.443. The van der Waals surface area contributed by atoms with E-state index < -0.39 is 0 Å². The van der Waals surface area contributed by atoms with Gasteiger partial charge in [-0.15, -0.1) is 11.3 Å². The lowest BCUT2D eigenvalue weighted by atomic mass is 9.97. The first kappa shape index (κ1) is 22.9. The van der Waals surface area contributed by atoms with Gasteiger partial charge in [-0.25, -0.2) is 0 Å². The topological polar surface area (TPSA) is 79.0 Å². The Balaban J connectivity index is 1.54. The van der Waals surface area contributed by atoms with Gasteiger partial charge in [0.2, 0.25) is 5.91 Å². The SMILES string of the molecule is CCC[C@H]1C(=O)N(c2ccc(N3CCOCC3=O)c(C)c2)CC1NC(=O)c1ccc(Br)s1. The summed E-state index contributed by atoms with van der Waals surface area (Å²) >= 11 is 4.76. The maximum atomic E-state index is 13.3. The minimum absolute atomic E-state index is 0.0270. The summed E-state index contributed by atoms with van der Waals surface area (Å²) in [6.07, 6.45) is 1.58. The van der Waals surface area contributed by atoms with E-state index in [0.717, 1.165) is 27.1 Å². The molecule has 0 spiro atoms. The maximum absolute atomic E-state index is 13.3. The molecule has 1 unspecified atom stereocenters. The molecule has 170 valence electrons. The van der Waals surface area contributed by atoms with E-state index in [9.17, 15) is 14.4 Å². The summed E-state index contributed by atoms with van der Waals surface area (Å²) in [6.45, 7) is 5.54. The molecule has 32 heavy (non-hydrogen) atoms. The molecular formula is C23H26BrN3O4S. The summed E-state index contributed by atoms with van der Waals surface area (Å²) in [6, 6.07) is 9.09. The Labute approximate surface area is 199 Å². The maximum Gasteiger partial charge on any atom is 0.261 e. The van der Waals surface area contributed by atoms with Gasteiger partial charge in [0.05, 0.1) is 27.2 Å². The molecule has 2 aliphatic rings. The van der Waals surface area contributed by atoms with Gasteiger partial charge in [-0.2, -0.15) is 0 Å². The summed E-state index contributed by atoms with van der Waals surface area (Å²) in [7, 11) is 0. The first-order chi connectivity index (χ1) is 15.4. The number of ether oxygens (including phenoxy) is 1. The molecule has 7 nitrogen and oxygen atoms in total. The Morgan fingerprint density at radius 3 is 2.72 bits per heavy atom. The molecule has 2 aliphatic heterocycles. The smallest absolute Gasteiger partial charge is 0.261 e. The van der Waals surface area contributed by atoms with Crippen molar-refractivity contribution in [1.29, 1.82) is 0 Å². The molecule has 3 heterocycles. The van der Waals surface area contributed by atoms with Crippen LogP contribution < -0.4 is 15.1 Å². The molecule has 0 saturated carbocycles. The van der Waals surface area contributed by atoms with E-state index in [1.54, 1.807) is 15.9 Å². The second-order valence-electron chi connectivity index (χ2n) is 8.10. The second-order valence-corrected chi connectivity index (χ2v) is 10.6. The van der Waals surface area contributed by atoms with Crippen molar-refractivity contribution in [2.24, 2.45) is 5.92 Å². The number of carbonyl (C=O) groups is 3. The molecule has 2 atom stereocenters. The van der Waals surface area contributed by atoms with Crippen LogP contribution in [0.25, 0.3) is 0 Å². The van der Waals surface area contributed by atoms with Crippen molar-refractivity contribution in [2.75, 3.05) is 36.1 Å². The highest BCUT2D eigenvalue weighted by Gasteiger charge is 2.41. The number of aryl methyl sites for hydroxylation is 1. The van der Waals surface area contributed by atoms with E-state index in [-0.39, 0.29) is 36.3 Å². The highest BCUT2D eigenvalue weighted by Crippen LogP contribution is 2.32. The largest absolute Gasteiger partial charge is 0.370 e. The van der Waals surface area contributed by atoms with E-state index in [0.29, 0.717) is 31.0 Å². The number of carbonyl (C=O) groups excluding carboxylic acids is 3. The van der Waals surface area contributed by atoms with Crippen LogP contribution in [0.4, 0.5) is 11.4 Å². The molecule has 0 bridgehead atoms. The van der Waals surface area contributed by atoms with Crippen LogP contribution in [0, 0.1) is 12.8 Å². The molecule has 2 aromatic rings. The zero-order valence-corrected chi connectivity index (χ0v) is 20.5. The molecular weight excluding hydrogens is 494 g/mol. The minimum Gasteiger partial charge on any atom is -0.370 e. The van der Waals surface area contributed by atoms with Crippen LogP contribution >= 0.6 is 27.3 Å². The van der Waals surface area contributed by atoms with Crippen molar-refractivity contribution < 1.29 is 19.1 Å². The number of anilines is 2. The van der Waals surface area contributed by atoms with Gasteiger partial charge >= 0.3 is 0 Å². The molecule has 2 fully saturated rings. The number of rotatable bonds is 6. The number of hydrogen-bond donors (Lipinski definition) is 1. The van der Waals surface area contributed by atoms with Crippen molar-refractivity contribution in [2.45, 2.75) is 32.7 Å². The van der Waals surface area contributed by atoms with E-state index in [2.05, 4.69) is 21.2 Å². The van der Waals surface area contributed by atoms with E-state index in [1.807, 2.05) is 38.1 Å². The Bertz CT molecular complexity index is 1040. The zero-order chi connectivity index (χ0) is 22.8. The zero-order valence-electron chi connectivity index (χ0n) is 18.1. The summed E-state index contributed by atoms with van der Waals surface area (Å²) in [4.78, 5) is 42.3. The van der Waals surface area contributed by atoms with E-state index in [4.69, 9.17) is 4.74 Å². The number of benzene rings is 1. The van der Waals surface area contributed by atoms with Gasteiger partial charge in [-0.3, -0.25) is 14.4 Å². The quantitative estimate of drug-likeness (QED) is 0.630. The minimum atomic E-state index is -0.256. The third kappa shape index (κ3) is 4.60. The van der Waals surface area contributed by atoms with Crippen LogP contribution in [0.5, 0.6) is 0 Å². The van der Waals surface area contributed by atoms with Gasteiger partial charge in [-0.05, 0) is 65.2 Å². The number of hydrogen-bond acceptors (Lipinski definition) is 5. The third-order valence-corrected chi connectivity index (χ3v) is 7.55. The lowest BCUT2D eigenvalue weighted by molar-refractivity contribution is -0.125. The van der Waals surface area contributed by atoms with E-state index in [1.165, 1.54) is 11.3 Å². The Kier molecular flexibility index (Phi) is 6.97. The molecule has 0 radical (unpaired) electrons. The lowest BCUT2D eigenvalue weighted by Gasteiger charge is -2.29. The second kappa shape index (κ2) is 9.72. The molecule has 4 rings (SSSR count). The van der Waals surface area contributed by atoms with Gasteiger partial charge in [-0.1, -0.05) is 13.3 Å². The number of morpholine rings is 1. The van der Waals surface area contributed by atoms with Crippen molar-refractivity contribution >= 4 is 56.4 Å². The predicted molar refractivity (Wildman–Crippen MR) is 128 cm³/mol. The Hall–Kier alpha value is -2.23. The average Bonchev–Trinajstić information content (AvgIpc) is 3.33. The Morgan fingerprint density at radius 1 is 1.25 bits per heavy atom. The van der Waals surface area contributed by atoms with Gasteiger partial charge in [0.25, 0.3) is 11.8 Å². The van der Waals surface area contributed by atoms with Gasteiger partial charge in [0.15, 0.2) is 0 Å². The van der Waals surface area contributed by atoms with Crippen molar-refractivity contribution in [1.82, 2.24) is 5.32 Å². The summed E-state index contributed by atoms with van der Waals surface area (Å²) < 4.78 is 6.12. The monoisotopic (exact) mass is 519 g/mol. The summed E-state index contributed by atoms with van der Waals surface area (Å²) in [5, 5.41) is 3.08. The molecule has 0 aliphatic carbocycles. The fourth-order valence-corrected chi connectivity index (χ4v) is 5.65. The fraction of sp³-hybridized carbons (Fsp3) is 0.435. The fourth-order valence-electron chi connectivity index (χ4n) is 4.36. The molecule has 9 heteroatoms. The first-order valence-electron chi connectivity index (χ1n) is 10.8. The van der Waals surface area contributed by atoms with Crippen molar-refractivity contribution in [3.05, 3.63) is 44.6 Å². The van der Waals surface area contributed by atoms with Crippen LogP contribution in [0.2, 0.25) is 0 Å². The van der Waals surface area contributed by atoms with Crippen LogP contribution in [0.15, 0.2) is 34.1 Å². The van der Waals surface area contributed by atoms with Crippen LogP contribution in [-0.2, 0) is 14.3 Å². The molecule has 1 aromatic carbocycles. The standard InChI is InChI=1S/C23H26BrN3O4S/c1-3-4-16-17(25-22(29)19-7-8-20(24)32-19)12-27(23(16)30)15-5-6-18(14(2)11-15)26-9-10-31-13-21(26)28/h5-8,11,16-17H,3-4,9-10,12-13H2,1-2H3,(H,25,29)/t16-,17?/m1/s1. The highest BCUT2D eigenvalue weighted by atomic mass is 79.9. The molecule has 2 saturated heterocycles. The molecule has 3 amide bonds. The normalized spacial score (nSPS) is 21.3. The number of amides is 3. The van der Waals surface area contributed by atoms with Crippen LogP contribution in [0.3, 0.4) is 0 Å². The number of nitrogens with one attached hydrogen (secondary N) is 1. The predicted octanol–water partition coefficient (Wildman–Crippen LogP) is 3.74. The molecule has 1 aromatic heterocycles. The number of thiophene rings is 1.